The number of esters is 1. The number of azo groups is 1. The predicted octanol–water partition coefficient (Wildman–Crippen LogP) is 11.3. The minimum Gasteiger partial charge on any atom is -0.495 e. The second kappa shape index (κ2) is 22.2. The van der Waals surface area contributed by atoms with E-state index in [1.54, 1.807) is 24.3 Å². The first-order chi connectivity index (χ1) is 26.6. The van der Waals surface area contributed by atoms with E-state index in [0.717, 1.165) is 25.7 Å². The van der Waals surface area contributed by atoms with Gasteiger partial charge in [0.2, 0.25) is 11.9 Å². The van der Waals surface area contributed by atoms with Crippen molar-refractivity contribution in [3.05, 3.63) is 89.7 Å². The Morgan fingerprint density at radius 2 is 1.35 bits per heavy atom. The number of fused-ring (bicyclic) bond motifs is 1. The van der Waals surface area contributed by atoms with Gasteiger partial charge in [-0.2, -0.15) is 18.3 Å². The lowest BCUT2D eigenvalue weighted by Gasteiger charge is -2.15. The summed E-state index contributed by atoms with van der Waals surface area (Å²) in [6.45, 7) is 2.48. The number of Topliss-reactive ketones (excluding diaryl/α,β-unsaturated/α-hetero) is 1. The smallest absolute Gasteiger partial charge is 0.451 e. The summed E-state index contributed by atoms with van der Waals surface area (Å²) in [6.07, 6.45) is 12.1. The van der Waals surface area contributed by atoms with Crippen LogP contribution in [0.3, 0.4) is 0 Å². The van der Waals surface area contributed by atoms with Crippen molar-refractivity contribution in [2.24, 2.45) is 10.2 Å². The van der Waals surface area contributed by atoms with Crippen molar-refractivity contribution < 1.29 is 37.0 Å². The van der Waals surface area contributed by atoms with E-state index < -0.39 is 41.5 Å². The number of para-hydroxylation sites is 1. The number of nitrogens with zero attached hydrogens (tertiary/aromatic N) is 4. The second-order valence-corrected chi connectivity index (χ2v) is 13.4. The monoisotopic (exact) mass is 761 g/mol. The van der Waals surface area contributed by atoms with Crippen LogP contribution in [0.2, 0.25) is 0 Å². The summed E-state index contributed by atoms with van der Waals surface area (Å²) in [5.41, 5.74) is 0.248. The lowest BCUT2D eigenvalue weighted by atomic mass is 10.0. The molecule has 3 aromatic carbocycles. The second-order valence-electron chi connectivity index (χ2n) is 13.4. The van der Waals surface area contributed by atoms with E-state index in [4.69, 9.17) is 9.47 Å². The van der Waals surface area contributed by atoms with Crippen LogP contribution >= 0.6 is 0 Å². The Morgan fingerprint density at radius 3 is 1.96 bits per heavy atom. The maximum absolute atomic E-state index is 13.7. The largest absolute Gasteiger partial charge is 0.495 e. The molecule has 0 radical (unpaired) electrons. The van der Waals surface area contributed by atoms with Crippen LogP contribution in [0.4, 0.5) is 24.7 Å². The molecule has 294 valence electrons. The lowest BCUT2D eigenvalue weighted by Crippen LogP contribution is -2.33. The van der Waals surface area contributed by atoms with E-state index in [9.17, 15) is 27.6 Å². The molecule has 1 aromatic heterocycles. The average molecular weight is 762 g/mol. The minimum atomic E-state index is -4.89. The number of unbranched alkanes of at least 4 members (excludes halogenated alkanes) is 13. The number of halogens is 3. The number of amides is 1. The summed E-state index contributed by atoms with van der Waals surface area (Å²) in [5.74, 6) is -4.10. The highest BCUT2D eigenvalue weighted by molar-refractivity contribution is 6.17. The molecule has 0 aliphatic heterocycles. The van der Waals surface area contributed by atoms with Crippen LogP contribution < -0.4 is 10.1 Å². The molecule has 0 bridgehead atoms. The molecular weight excluding hydrogens is 711 g/mol. The number of benzene rings is 3. The molecule has 10 nitrogen and oxygen atoms in total. The molecule has 0 saturated heterocycles. The van der Waals surface area contributed by atoms with E-state index >= 15 is 0 Å². The molecule has 4 rings (SSSR count). The fourth-order valence-electron chi connectivity index (χ4n) is 6.04. The van der Waals surface area contributed by atoms with Crippen LogP contribution in [0, 0.1) is 0 Å². The zero-order valence-electron chi connectivity index (χ0n) is 31.6. The number of carbonyl (C=O) groups is 3. The van der Waals surface area contributed by atoms with E-state index in [1.807, 2.05) is 0 Å². The lowest BCUT2D eigenvalue weighted by molar-refractivity contribution is -0.144. The fraction of sp³-hybridized carbons (Fsp3) is 0.452. The van der Waals surface area contributed by atoms with Gasteiger partial charge in [0.25, 0.3) is 5.91 Å². The standard InChI is InChI=1S/C42H50F3N5O5/c1-3-4-5-6-7-8-9-10-11-12-13-14-15-21-28-55-40(53)31-26-27-35(54-2)34(29-31)46-39(52)36(37(51)30-22-17-16-18-23-30)49-50-38-32-24-19-20-25-33(32)47-41(48-38)42(43,44)45/h16-20,22-27,29,36H,3-15,21,28H2,1-2H3,(H,46,52). The van der Waals surface area contributed by atoms with Gasteiger partial charge in [-0.3, -0.25) is 9.59 Å². The number of nitrogens with one attached hydrogen (secondary N) is 1. The summed E-state index contributed by atoms with van der Waals surface area (Å²) in [4.78, 5) is 47.4. The van der Waals surface area contributed by atoms with Gasteiger partial charge in [0.05, 0.1) is 30.5 Å². The Balaban J connectivity index is 1.37. The summed E-state index contributed by atoms with van der Waals surface area (Å²) in [6, 6.07) is 16.1. The van der Waals surface area contributed by atoms with E-state index in [2.05, 4.69) is 32.4 Å². The Morgan fingerprint density at radius 1 is 0.745 bits per heavy atom. The van der Waals surface area contributed by atoms with Crippen molar-refractivity contribution in [2.45, 2.75) is 109 Å². The number of ether oxygens (including phenoxy) is 2. The SMILES string of the molecule is CCCCCCCCCCCCCCCCOC(=O)c1ccc(OC)c(NC(=O)C(N=Nc2nc(C(F)(F)F)nc3ccccc23)C(=O)c2ccccc2)c1. The van der Waals surface area contributed by atoms with Crippen LogP contribution in [0.15, 0.2) is 83.0 Å². The van der Waals surface area contributed by atoms with Crippen LogP contribution in [-0.2, 0) is 15.7 Å². The van der Waals surface area contributed by atoms with E-state index in [0.29, 0.717) is 0 Å². The number of ketones is 1. The third kappa shape index (κ3) is 13.6. The molecule has 0 fully saturated rings. The Kier molecular flexibility index (Phi) is 17.2. The van der Waals surface area contributed by atoms with Gasteiger partial charge in [0, 0.05) is 10.9 Å². The molecule has 55 heavy (non-hydrogen) atoms. The number of anilines is 1. The number of rotatable bonds is 23. The van der Waals surface area contributed by atoms with Gasteiger partial charge < -0.3 is 14.8 Å². The molecule has 1 heterocycles. The van der Waals surface area contributed by atoms with Gasteiger partial charge in [-0.15, -0.1) is 5.11 Å². The minimum absolute atomic E-state index is 0.0475. The summed E-state index contributed by atoms with van der Waals surface area (Å²) < 4.78 is 51.8. The van der Waals surface area contributed by atoms with E-state index in [-0.39, 0.29) is 40.1 Å². The van der Waals surface area contributed by atoms with Gasteiger partial charge in [0.1, 0.15) is 5.75 Å². The summed E-state index contributed by atoms with van der Waals surface area (Å²) >= 11 is 0. The molecule has 0 aliphatic rings. The molecule has 13 heteroatoms. The molecule has 1 unspecified atom stereocenters. The number of aromatic nitrogens is 2. The van der Waals surface area contributed by atoms with Crippen molar-refractivity contribution in [1.82, 2.24) is 9.97 Å². The third-order valence-corrected chi connectivity index (χ3v) is 9.08. The Bertz CT molecular complexity index is 1870. The zero-order valence-corrected chi connectivity index (χ0v) is 31.6. The molecule has 1 N–H and O–H groups in total. The molecule has 4 aromatic rings. The number of hydrogen-bond acceptors (Lipinski definition) is 9. The average Bonchev–Trinajstić information content (AvgIpc) is 3.19. The molecule has 1 atom stereocenters. The van der Waals surface area contributed by atoms with Crippen LogP contribution in [-0.4, -0.2) is 47.4 Å². The molecule has 1 amide bonds. The molecule has 0 saturated carbocycles. The third-order valence-electron chi connectivity index (χ3n) is 9.08. The Labute approximate surface area is 320 Å². The maximum atomic E-state index is 13.7. The highest BCUT2D eigenvalue weighted by atomic mass is 19.4. The zero-order chi connectivity index (χ0) is 39.5. The van der Waals surface area contributed by atoms with Crippen molar-refractivity contribution in [1.29, 1.82) is 0 Å². The van der Waals surface area contributed by atoms with Gasteiger partial charge in [0.15, 0.2) is 11.6 Å². The van der Waals surface area contributed by atoms with Crippen LogP contribution in [0.1, 0.15) is 123 Å². The molecule has 0 spiro atoms. The quantitative estimate of drug-likeness (QED) is 0.0261. The molecule has 0 aliphatic carbocycles. The number of carbonyl (C=O) groups excluding carboxylic acids is 3. The van der Waals surface area contributed by atoms with Gasteiger partial charge in [-0.25, -0.2) is 14.8 Å². The van der Waals surface area contributed by atoms with E-state index in [1.165, 1.54) is 120 Å². The normalized spacial score (nSPS) is 12.2. The van der Waals surface area contributed by atoms with Crippen molar-refractivity contribution >= 4 is 40.1 Å². The maximum Gasteiger partial charge on any atom is 0.451 e. The summed E-state index contributed by atoms with van der Waals surface area (Å²) in [5, 5.41) is 10.5. The number of hydrogen-bond donors (Lipinski definition) is 1. The van der Waals surface area contributed by atoms with Gasteiger partial charge in [-0.1, -0.05) is 133 Å². The van der Waals surface area contributed by atoms with Gasteiger partial charge >= 0.3 is 12.1 Å². The first-order valence-corrected chi connectivity index (χ1v) is 19.1. The number of alkyl halides is 3. The predicted molar refractivity (Wildman–Crippen MR) is 206 cm³/mol. The fourth-order valence-corrected chi connectivity index (χ4v) is 6.04. The Hall–Kier alpha value is -5.20. The van der Waals surface area contributed by atoms with Gasteiger partial charge in [-0.05, 0) is 36.8 Å². The summed E-state index contributed by atoms with van der Waals surface area (Å²) in [7, 11) is 1.36. The van der Waals surface area contributed by atoms with Crippen molar-refractivity contribution in [2.75, 3.05) is 19.0 Å². The first kappa shape index (κ1) is 42.5. The highest BCUT2D eigenvalue weighted by Gasteiger charge is 2.36. The van der Waals surface area contributed by atoms with Crippen LogP contribution in [0.25, 0.3) is 10.9 Å². The van der Waals surface area contributed by atoms with Crippen molar-refractivity contribution in [3.8, 4) is 5.75 Å². The molecular formula is C42H50F3N5O5. The first-order valence-electron chi connectivity index (χ1n) is 19.1. The van der Waals surface area contributed by atoms with Crippen molar-refractivity contribution in [3.63, 3.8) is 0 Å². The van der Waals surface area contributed by atoms with Crippen LogP contribution in [0.5, 0.6) is 5.75 Å². The topological polar surface area (TPSA) is 132 Å². The number of methoxy groups -OCH3 is 1. The highest BCUT2D eigenvalue weighted by Crippen LogP contribution is 2.32.